The molecule has 0 saturated carbocycles. The van der Waals surface area contributed by atoms with Crippen LogP contribution in [0.3, 0.4) is 0 Å². The second-order valence-electron chi connectivity index (χ2n) is 5.16. The van der Waals surface area contributed by atoms with Crippen molar-refractivity contribution in [3.8, 4) is 5.69 Å². The number of carbonyl (C=O) groups excluding carboxylic acids is 1. The lowest BCUT2D eigenvalue weighted by molar-refractivity contribution is -0.117. The van der Waals surface area contributed by atoms with Crippen LogP contribution in [-0.4, -0.2) is 26.0 Å². The largest absolute Gasteiger partial charge is 0.332 e. The first-order chi connectivity index (χ1) is 11.0. The topological polar surface area (TPSA) is 71.8 Å². The Morgan fingerprint density at radius 1 is 1.09 bits per heavy atom. The summed E-state index contributed by atoms with van der Waals surface area (Å²) < 4.78 is 0. The zero-order chi connectivity index (χ0) is 16.4. The number of benzene rings is 2. The highest BCUT2D eigenvalue weighted by atomic mass is 32.1. The Bertz CT molecular complexity index is 885. The standard InChI is InChI=1S/C16H15N5OS/c1-10-3-6-13(7-4-10)21-19-14-8-5-12(9-15(14)20-21)18-16(23)17-11(2)22/h3-9H,1-2H3,(H2,17,18,22,23). The van der Waals surface area contributed by atoms with Gasteiger partial charge in [0.15, 0.2) is 5.11 Å². The van der Waals surface area contributed by atoms with Crippen LogP contribution in [0.5, 0.6) is 0 Å². The highest BCUT2D eigenvalue weighted by molar-refractivity contribution is 7.80. The van der Waals surface area contributed by atoms with E-state index in [2.05, 4.69) is 20.8 Å². The molecule has 23 heavy (non-hydrogen) atoms. The molecule has 0 aliphatic carbocycles. The molecule has 0 bridgehead atoms. The summed E-state index contributed by atoms with van der Waals surface area (Å²) in [6.45, 7) is 3.44. The normalized spacial score (nSPS) is 10.5. The third kappa shape index (κ3) is 3.51. The molecule has 6 nitrogen and oxygen atoms in total. The van der Waals surface area contributed by atoms with Crippen molar-refractivity contribution in [2.45, 2.75) is 13.8 Å². The van der Waals surface area contributed by atoms with E-state index in [0.717, 1.165) is 22.4 Å². The van der Waals surface area contributed by atoms with Gasteiger partial charge in [-0.05, 0) is 49.5 Å². The van der Waals surface area contributed by atoms with Crippen LogP contribution in [0.1, 0.15) is 12.5 Å². The summed E-state index contributed by atoms with van der Waals surface area (Å²) in [6, 6.07) is 13.5. The van der Waals surface area contributed by atoms with E-state index in [1.807, 2.05) is 49.4 Å². The van der Waals surface area contributed by atoms with Crippen molar-refractivity contribution < 1.29 is 4.79 Å². The molecular weight excluding hydrogens is 310 g/mol. The van der Waals surface area contributed by atoms with Gasteiger partial charge in [0, 0.05) is 12.6 Å². The lowest BCUT2D eigenvalue weighted by atomic mass is 10.2. The van der Waals surface area contributed by atoms with E-state index in [0.29, 0.717) is 0 Å². The summed E-state index contributed by atoms with van der Waals surface area (Å²) in [6.07, 6.45) is 0. The summed E-state index contributed by atoms with van der Waals surface area (Å²) in [5.74, 6) is -0.214. The Morgan fingerprint density at radius 2 is 1.78 bits per heavy atom. The lowest BCUT2D eigenvalue weighted by Crippen LogP contribution is -2.32. The minimum atomic E-state index is -0.214. The molecule has 1 amide bonds. The second-order valence-corrected chi connectivity index (χ2v) is 5.57. The Labute approximate surface area is 138 Å². The van der Waals surface area contributed by atoms with E-state index in [1.165, 1.54) is 12.5 Å². The Balaban J connectivity index is 1.87. The van der Waals surface area contributed by atoms with Crippen molar-refractivity contribution in [3.63, 3.8) is 0 Å². The number of aryl methyl sites for hydroxylation is 1. The fraction of sp³-hybridized carbons (Fsp3) is 0.125. The SMILES string of the molecule is CC(=O)NC(=S)Nc1ccc2nn(-c3ccc(C)cc3)nc2c1. The van der Waals surface area contributed by atoms with Crippen LogP contribution in [0.4, 0.5) is 5.69 Å². The maximum absolute atomic E-state index is 11.0. The molecule has 1 heterocycles. The number of carbonyl (C=O) groups is 1. The number of anilines is 1. The van der Waals surface area contributed by atoms with E-state index < -0.39 is 0 Å². The third-order valence-corrected chi connectivity index (χ3v) is 3.40. The van der Waals surface area contributed by atoms with Gasteiger partial charge in [-0.1, -0.05) is 17.7 Å². The number of fused-ring (bicyclic) bond motifs is 1. The van der Waals surface area contributed by atoms with Crippen molar-refractivity contribution in [1.29, 1.82) is 0 Å². The number of hydrogen-bond donors (Lipinski definition) is 2. The molecule has 0 atom stereocenters. The minimum Gasteiger partial charge on any atom is -0.332 e. The zero-order valence-electron chi connectivity index (χ0n) is 12.7. The fourth-order valence-electron chi connectivity index (χ4n) is 2.11. The van der Waals surface area contributed by atoms with Gasteiger partial charge in [-0.3, -0.25) is 4.79 Å². The molecule has 1 aromatic heterocycles. The number of nitrogens with zero attached hydrogens (tertiary/aromatic N) is 3. The van der Waals surface area contributed by atoms with E-state index >= 15 is 0 Å². The summed E-state index contributed by atoms with van der Waals surface area (Å²) in [5.41, 5.74) is 4.34. The van der Waals surface area contributed by atoms with Crippen LogP contribution in [-0.2, 0) is 4.79 Å². The van der Waals surface area contributed by atoms with Crippen LogP contribution in [0.2, 0.25) is 0 Å². The number of aromatic nitrogens is 3. The van der Waals surface area contributed by atoms with Crippen molar-refractivity contribution in [1.82, 2.24) is 20.3 Å². The monoisotopic (exact) mass is 325 g/mol. The predicted molar refractivity (Wildman–Crippen MR) is 93.6 cm³/mol. The number of rotatable bonds is 2. The van der Waals surface area contributed by atoms with Crippen molar-refractivity contribution in [2.24, 2.45) is 0 Å². The lowest BCUT2D eigenvalue weighted by Gasteiger charge is -2.07. The first-order valence-electron chi connectivity index (χ1n) is 7.04. The first kappa shape index (κ1) is 15.1. The molecule has 0 spiro atoms. The average Bonchev–Trinajstić information content (AvgIpc) is 2.90. The van der Waals surface area contributed by atoms with Crippen LogP contribution >= 0.6 is 12.2 Å². The first-order valence-corrected chi connectivity index (χ1v) is 7.45. The Morgan fingerprint density at radius 3 is 2.48 bits per heavy atom. The fourth-order valence-corrected chi connectivity index (χ4v) is 2.37. The number of amides is 1. The van der Waals surface area contributed by atoms with E-state index in [1.54, 1.807) is 4.80 Å². The smallest absolute Gasteiger partial charge is 0.222 e. The molecule has 7 heteroatoms. The minimum absolute atomic E-state index is 0.214. The van der Waals surface area contributed by atoms with Gasteiger partial charge >= 0.3 is 0 Å². The summed E-state index contributed by atoms with van der Waals surface area (Å²) in [4.78, 5) is 12.6. The van der Waals surface area contributed by atoms with Crippen LogP contribution in [0.25, 0.3) is 16.7 Å². The van der Waals surface area contributed by atoms with Gasteiger partial charge in [-0.25, -0.2) is 0 Å². The van der Waals surface area contributed by atoms with Gasteiger partial charge in [-0.15, -0.1) is 10.2 Å². The van der Waals surface area contributed by atoms with E-state index in [9.17, 15) is 4.79 Å². The molecular formula is C16H15N5OS. The predicted octanol–water partition coefficient (Wildman–Crippen LogP) is 2.56. The molecule has 0 aliphatic heterocycles. The molecule has 0 saturated heterocycles. The van der Waals surface area contributed by atoms with E-state index in [4.69, 9.17) is 12.2 Å². The highest BCUT2D eigenvalue weighted by Crippen LogP contribution is 2.17. The molecule has 116 valence electrons. The molecule has 0 radical (unpaired) electrons. The van der Waals surface area contributed by atoms with Gasteiger partial charge < -0.3 is 10.6 Å². The van der Waals surface area contributed by atoms with Crippen LogP contribution < -0.4 is 10.6 Å². The average molecular weight is 325 g/mol. The highest BCUT2D eigenvalue weighted by Gasteiger charge is 2.07. The van der Waals surface area contributed by atoms with Crippen LogP contribution in [0.15, 0.2) is 42.5 Å². The summed E-state index contributed by atoms with van der Waals surface area (Å²) in [7, 11) is 0. The molecule has 3 aromatic rings. The molecule has 2 N–H and O–H groups in total. The second kappa shape index (κ2) is 6.13. The van der Waals surface area contributed by atoms with E-state index in [-0.39, 0.29) is 11.0 Å². The van der Waals surface area contributed by atoms with Crippen molar-refractivity contribution >= 4 is 40.0 Å². The Hall–Kier alpha value is -2.80. The third-order valence-electron chi connectivity index (χ3n) is 3.19. The Kier molecular flexibility index (Phi) is 4.03. The summed E-state index contributed by atoms with van der Waals surface area (Å²) in [5, 5.41) is 14.6. The molecule has 0 aliphatic rings. The van der Waals surface area contributed by atoms with Gasteiger partial charge in [0.2, 0.25) is 5.91 Å². The van der Waals surface area contributed by atoms with Gasteiger partial charge in [0.1, 0.15) is 11.0 Å². The molecule has 0 unspecified atom stereocenters. The molecule has 3 rings (SSSR count). The van der Waals surface area contributed by atoms with Crippen LogP contribution in [0, 0.1) is 6.92 Å². The maximum Gasteiger partial charge on any atom is 0.222 e. The van der Waals surface area contributed by atoms with Gasteiger partial charge in [0.25, 0.3) is 0 Å². The van der Waals surface area contributed by atoms with Crippen molar-refractivity contribution in [3.05, 3.63) is 48.0 Å². The van der Waals surface area contributed by atoms with Gasteiger partial charge in [-0.2, -0.15) is 4.80 Å². The van der Waals surface area contributed by atoms with Crippen molar-refractivity contribution in [2.75, 3.05) is 5.32 Å². The number of thiocarbonyl (C=S) groups is 1. The zero-order valence-corrected chi connectivity index (χ0v) is 13.5. The molecule has 0 fully saturated rings. The summed E-state index contributed by atoms with van der Waals surface area (Å²) >= 11 is 5.04. The van der Waals surface area contributed by atoms with Gasteiger partial charge in [0.05, 0.1) is 5.69 Å². The quantitative estimate of drug-likeness (QED) is 0.709. The number of hydrogen-bond acceptors (Lipinski definition) is 4. The number of nitrogens with one attached hydrogen (secondary N) is 2. The maximum atomic E-state index is 11.0. The molecule has 2 aromatic carbocycles.